The maximum atomic E-state index is 14.9. The van der Waals surface area contributed by atoms with E-state index in [1.54, 1.807) is 49.7 Å². The molecule has 6 N–H and O–H groups in total. The summed E-state index contributed by atoms with van der Waals surface area (Å²) in [4.78, 5) is 74.3. The van der Waals surface area contributed by atoms with Crippen molar-refractivity contribution in [2.75, 3.05) is 39.4 Å². The molecule has 1 aliphatic rings. The predicted octanol–water partition coefficient (Wildman–Crippen LogP) is 2.41. The predicted molar refractivity (Wildman–Crippen MR) is 203 cm³/mol. The van der Waals surface area contributed by atoms with Crippen LogP contribution in [0.1, 0.15) is 44.4 Å². The standard InChI is InChI=1S/C40H45F5N6O9/c1-38(2,3)33(29-19-25(27-20-26(41)9-10-28(27)42)22-50(29)21-24-7-5-4-6-8-24)34(55)35(56)48-14-13-39(46,60-37(58)40(43,44)45)36(57)49-16-18-59-17-15-47-30(52)23-51-31(53)11-12-32(51)54/h4-12,19-20,22,33-34,55H,13-18,21,23,46H2,1-3H3,(H,47,52)(H,48,56)(H,49,57)/t33-,34+,39+/m1/s1. The van der Waals surface area contributed by atoms with E-state index in [-0.39, 0.29) is 44.0 Å². The molecule has 3 aromatic rings. The van der Waals surface area contributed by atoms with Crippen LogP contribution in [0.15, 0.2) is 72.9 Å². The topological polar surface area (TPSA) is 211 Å². The van der Waals surface area contributed by atoms with E-state index in [0.717, 1.165) is 40.8 Å². The Morgan fingerprint density at radius 2 is 1.50 bits per heavy atom. The van der Waals surface area contributed by atoms with Crippen molar-refractivity contribution in [1.29, 1.82) is 0 Å². The number of carbonyl (C=O) groups is 6. The number of nitrogens with one attached hydrogen (secondary N) is 3. The molecule has 0 fully saturated rings. The zero-order chi connectivity index (χ0) is 44.4. The monoisotopic (exact) mass is 848 g/mol. The number of benzene rings is 2. The van der Waals surface area contributed by atoms with Gasteiger partial charge in [0.25, 0.3) is 17.7 Å². The van der Waals surface area contributed by atoms with Crippen LogP contribution in [0.3, 0.4) is 0 Å². The van der Waals surface area contributed by atoms with Crippen LogP contribution in [0.25, 0.3) is 11.1 Å². The first-order valence-electron chi connectivity index (χ1n) is 18.5. The Morgan fingerprint density at radius 1 is 0.867 bits per heavy atom. The smallest absolute Gasteiger partial charge is 0.428 e. The van der Waals surface area contributed by atoms with Gasteiger partial charge in [0.2, 0.25) is 17.5 Å². The van der Waals surface area contributed by atoms with E-state index in [1.165, 1.54) is 6.07 Å². The highest BCUT2D eigenvalue weighted by Gasteiger charge is 2.48. The van der Waals surface area contributed by atoms with Gasteiger partial charge in [0, 0.05) is 73.7 Å². The number of halogens is 5. The van der Waals surface area contributed by atoms with Gasteiger partial charge in [0.05, 0.1) is 13.2 Å². The van der Waals surface area contributed by atoms with Crippen molar-refractivity contribution in [3.63, 3.8) is 0 Å². The Morgan fingerprint density at radius 3 is 2.12 bits per heavy atom. The Bertz CT molecular complexity index is 2070. The maximum absolute atomic E-state index is 14.9. The van der Waals surface area contributed by atoms with E-state index in [2.05, 4.69) is 20.7 Å². The number of aliphatic hydroxyl groups is 1. The van der Waals surface area contributed by atoms with Crippen LogP contribution in [-0.2, 0) is 44.8 Å². The Hall–Kier alpha value is -5.99. The summed E-state index contributed by atoms with van der Waals surface area (Å²) >= 11 is 0. The third-order valence-corrected chi connectivity index (χ3v) is 9.19. The van der Waals surface area contributed by atoms with Crippen molar-refractivity contribution in [1.82, 2.24) is 25.4 Å². The number of nitrogens with zero attached hydrogens (tertiary/aromatic N) is 2. The number of aliphatic hydroxyl groups excluding tert-OH is 1. The molecule has 3 atom stereocenters. The largest absolute Gasteiger partial charge is 0.491 e. The maximum Gasteiger partial charge on any atom is 0.491 e. The Balaban J connectivity index is 1.41. The molecule has 2 heterocycles. The lowest BCUT2D eigenvalue weighted by molar-refractivity contribution is -0.214. The highest BCUT2D eigenvalue weighted by molar-refractivity contribution is 6.14. The number of hydrogen-bond acceptors (Lipinski definition) is 10. The van der Waals surface area contributed by atoms with E-state index in [9.17, 15) is 55.8 Å². The SMILES string of the molecule is CC(C)(C)[C@H](c1cc(-c2cc(F)ccc2F)cn1Cc1ccccc1)[C@H](O)C(=O)NCC[C@](N)(OC(=O)C(F)(F)F)C(=O)NCCOCCNC(=O)CN1C(=O)C=CC1=O. The van der Waals surface area contributed by atoms with Gasteiger partial charge >= 0.3 is 12.1 Å². The van der Waals surface area contributed by atoms with Crippen molar-refractivity contribution in [2.45, 2.75) is 57.7 Å². The summed E-state index contributed by atoms with van der Waals surface area (Å²) in [6.07, 6.45) is -4.70. The Labute approximate surface area is 341 Å². The summed E-state index contributed by atoms with van der Waals surface area (Å²) in [5.74, 6) is -9.61. The number of nitrogens with two attached hydrogens (primary N) is 1. The fourth-order valence-corrected chi connectivity index (χ4v) is 6.25. The van der Waals surface area contributed by atoms with Crippen LogP contribution in [0, 0.1) is 17.0 Å². The molecular formula is C40H45F5N6O9. The molecule has 0 aliphatic carbocycles. The molecule has 1 aromatic heterocycles. The molecule has 4 rings (SSSR count). The highest BCUT2D eigenvalue weighted by Crippen LogP contribution is 2.41. The molecule has 5 amide bonds. The summed E-state index contributed by atoms with van der Waals surface area (Å²) in [5.41, 5.74) is 3.39. The molecule has 0 spiro atoms. The number of aromatic nitrogens is 1. The summed E-state index contributed by atoms with van der Waals surface area (Å²) < 4.78 is 80.2. The van der Waals surface area contributed by atoms with Gasteiger partial charge in [-0.05, 0) is 35.2 Å². The number of alkyl halides is 3. The average Bonchev–Trinajstić information content (AvgIpc) is 3.72. The normalized spacial score (nSPS) is 15.0. The van der Waals surface area contributed by atoms with E-state index >= 15 is 0 Å². The lowest BCUT2D eigenvalue weighted by atomic mass is 9.74. The second-order valence-electron chi connectivity index (χ2n) is 14.8. The molecule has 2 aromatic carbocycles. The van der Waals surface area contributed by atoms with Crippen molar-refractivity contribution >= 4 is 35.5 Å². The number of ether oxygens (including phenoxy) is 2. The number of imide groups is 1. The lowest BCUT2D eigenvalue weighted by Gasteiger charge is -2.35. The van der Waals surface area contributed by atoms with Crippen LogP contribution in [0.4, 0.5) is 22.0 Å². The van der Waals surface area contributed by atoms with Gasteiger partial charge in [-0.3, -0.25) is 34.6 Å². The third-order valence-electron chi connectivity index (χ3n) is 9.19. The van der Waals surface area contributed by atoms with Gasteiger partial charge < -0.3 is 35.1 Å². The fourth-order valence-electron chi connectivity index (χ4n) is 6.25. The van der Waals surface area contributed by atoms with Crippen LogP contribution in [-0.4, -0.2) is 107 Å². The zero-order valence-electron chi connectivity index (χ0n) is 32.8. The average molecular weight is 849 g/mol. The van der Waals surface area contributed by atoms with Gasteiger partial charge in [0.15, 0.2) is 0 Å². The quantitative estimate of drug-likeness (QED) is 0.0391. The van der Waals surface area contributed by atoms with E-state index in [4.69, 9.17) is 10.5 Å². The lowest BCUT2D eigenvalue weighted by Crippen LogP contribution is -2.60. The summed E-state index contributed by atoms with van der Waals surface area (Å²) in [5, 5.41) is 18.5. The molecular weight excluding hydrogens is 803 g/mol. The first-order valence-corrected chi connectivity index (χ1v) is 18.5. The molecule has 324 valence electrons. The molecule has 0 saturated carbocycles. The second-order valence-corrected chi connectivity index (χ2v) is 14.8. The van der Waals surface area contributed by atoms with Gasteiger partial charge in [-0.1, -0.05) is 51.1 Å². The minimum absolute atomic E-state index is 0.0681. The van der Waals surface area contributed by atoms with Crippen LogP contribution < -0.4 is 21.7 Å². The molecule has 60 heavy (non-hydrogen) atoms. The van der Waals surface area contributed by atoms with Gasteiger partial charge in [0.1, 0.15) is 24.3 Å². The number of carbonyl (C=O) groups excluding carboxylic acids is 6. The molecule has 1 aliphatic heterocycles. The van der Waals surface area contributed by atoms with Crippen molar-refractivity contribution in [3.05, 3.63) is 95.8 Å². The zero-order valence-corrected chi connectivity index (χ0v) is 32.8. The van der Waals surface area contributed by atoms with Crippen molar-refractivity contribution < 1.29 is 65.3 Å². The van der Waals surface area contributed by atoms with Crippen LogP contribution >= 0.6 is 0 Å². The molecule has 0 unspecified atom stereocenters. The van der Waals surface area contributed by atoms with Gasteiger partial charge in [-0.25, -0.2) is 13.6 Å². The first kappa shape index (κ1) is 46.7. The summed E-state index contributed by atoms with van der Waals surface area (Å²) in [7, 11) is 0. The van der Waals surface area contributed by atoms with E-state index in [1.807, 2.05) is 12.1 Å². The molecule has 20 heteroatoms. The molecule has 0 radical (unpaired) electrons. The van der Waals surface area contributed by atoms with Gasteiger partial charge in [-0.15, -0.1) is 0 Å². The van der Waals surface area contributed by atoms with Crippen LogP contribution in [0.5, 0.6) is 0 Å². The minimum atomic E-state index is -5.55. The fraction of sp³-hybridized carbons (Fsp3) is 0.400. The van der Waals surface area contributed by atoms with Crippen molar-refractivity contribution in [3.8, 4) is 11.1 Å². The highest BCUT2D eigenvalue weighted by atomic mass is 19.4. The minimum Gasteiger partial charge on any atom is -0.428 e. The summed E-state index contributed by atoms with van der Waals surface area (Å²) in [6, 6.07) is 13.5. The molecule has 0 bridgehead atoms. The number of esters is 1. The van der Waals surface area contributed by atoms with Gasteiger partial charge in [-0.2, -0.15) is 13.2 Å². The first-order chi connectivity index (χ1) is 28.1. The molecule has 0 saturated heterocycles. The second kappa shape index (κ2) is 19.8. The van der Waals surface area contributed by atoms with E-state index < -0.39 is 96.0 Å². The third kappa shape index (κ3) is 12.5. The molecule has 15 nitrogen and oxygen atoms in total. The van der Waals surface area contributed by atoms with Crippen molar-refractivity contribution in [2.24, 2.45) is 11.1 Å². The number of hydrogen-bond donors (Lipinski definition) is 5. The summed E-state index contributed by atoms with van der Waals surface area (Å²) in [6.45, 7) is 3.37. The number of amides is 5. The Kier molecular flexibility index (Phi) is 15.4. The van der Waals surface area contributed by atoms with Crippen LogP contribution in [0.2, 0.25) is 0 Å². The van der Waals surface area contributed by atoms with E-state index in [0.29, 0.717) is 5.69 Å². The number of rotatable bonds is 19.